The number of para-hydroxylation sites is 1. The van der Waals surface area contributed by atoms with Crippen LogP contribution in [0.1, 0.15) is 37.1 Å². The average Bonchev–Trinajstić information content (AvgIpc) is 3.38. The van der Waals surface area contributed by atoms with Gasteiger partial charge in [0.15, 0.2) is 5.76 Å². The van der Waals surface area contributed by atoms with E-state index in [0.29, 0.717) is 23.9 Å². The number of carbonyl (C=O) groups is 1. The maximum atomic E-state index is 12.4. The Hall–Kier alpha value is -2.89. The third-order valence-electron chi connectivity index (χ3n) is 4.55. The van der Waals surface area contributed by atoms with E-state index in [9.17, 15) is 4.79 Å². The Labute approximate surface area is 145 Å². The van der Waals surface area contributed by atoms with Crippen LogP contribution < -0.4 is 5.32 Å². The lowest BCUT2D eigenvalue weighted by atomic mass is 10.1. The Morgan fingerprint density at radius 2 is 2.00 bits per heavy atom. The first-order valence-corrected chi connectivity index (χ1v) is 8.55. The summed E-state index contributed by atoms with van der Waals surface area (Å²) in [7, 11) is 0. The minimum absolute atomic E-state index is 0.103. The van der Waals surface area contributed by atoms with Crippen LogP contribution in [0.2, 0.25) is 0 Å². The molecule has 1 aliphatic carbocycles. The van der Waals surface area contributed by atoms with E-state index in [1.807, 2.05) is 24.3 Å². The highest BCUT2D eigenvalue weighted by molar-refractivity contribution is 5.93. The third kappa shape index (κ3) is 3.47. The molecule has 0 aliphatic heterocycles. The first kappa shape index (κ1) is 15.6. The highest BCUT2D eigenvalue weighted by atomic mass is 16.5. The van der Waals surface area contributed by atoms with E-state index in [1.54, 1.807) is 18.4 Å². The molecular formula is C19H19N3O3. The van der Waals surface area contributed by atoms with E-state index in [4.69, 9.17) is 8.94 Å². The largest absolute Gasteiger partial charge is 0.461 e. The van der Waals surface area contributed by atoms with Crippen LogP contribution in [0.25, 0.3) is 11.6 Å². The van der Waals surface area contributed by atoms with Gasteiger partial charge in [-0.25, -0.2) is 0 Å². The molecule has 1 fully saturated rings. The number of hydrogen-bond donors (Lipinski definition) is 1. The second kappa shape index (κ2) is 6.93. The fourth-order valence-corrected chi connectivity index (χ4v) is 3.21. The molecule has 2 aromatic heterocycles. The molecule has 6 nitrogen and oxygen atoms in total. The van der Waals surface area contributed by atoms with Gasteiger partial charge in [-0.3, -0.25) is 4.79 Å². The fraction of sp³-hybridized carbons (Fsp3) is 0.316. The molecule has 6 heteroatoms. The number of furan rings is 1. The van der Waals surface area contributed by atoms with E-state index in [0.717, 1.165) is 36.9 Å². The van der Waals surface area contributed by atoms with Crippen LogP contribution in [-0.4, -0.2) is 16.0 Å². The SMILES string of the molecule is O=C(Nc1ccccc1Cc1nc(-c2ccco2)no1)C1CCCC1. The zero-order valence-electron chi connectivity index (χ0n) is 13.8. The Morgan fingerprint density at radius 3 is 2.80 bits per heavy atom. The van der Waals surface area contributed by atoms with Crippen LogP contribution in [0.5, 0.6) is 0 Å². The summed E-state index contributed by atoms with van der Waals surface area (Å²) in [6.45, 7) is 0. The Balaban J connectivity index is 1.50. The summed E-state index contributed by atoms with van der Waals surface area (Å²) in [5, 5.41) is 7.00. The Bertz CT molecular complexity index is 848. The molecule has 0 radical (unpaired) electrons. The molecule has 128 valence electrons. The van der Waals surface area contributed by atoms with Crippen molar-refractivity contribution in [1.29, 1.82) is 0 Å². The van der Waals surface area contributed by atoms with Crippen molar-refractivity contribution in [3.63, 3.8) is 0 Å². The lowest BCUT2D eigenvalue weighted by Gasteiger charge is -2.13. The van der Waals surface area contributed by atoms with Crippen molar-refractivity contribution in [3.05, 3.63) is 54.1 Å². The van der Waals surface area contributed by atoms with Gasteiger partial charge < -0.3 is 14.3 Å². The van der Waals surface area contributed by atoms with Crippen LogP contribution >= 0.6 is 0 Å². The summed E-state index contributed by atoms with van der Waals surface area (Å²) in [6, 6.07) is 11.3. The highest BCUT2D eigenvalue weighted by Crippen LogP contribution is 2.27. The van der Waals surface area contributed by atoms with Gasteiger partial charge in [0.25, 0.3) is 0 Å². The third-order valence-corrected chi connectivity index (χ3v) is 4.55. The molecule has 0 unspecified atom stereocenters. The summed E-state index contributed by atoms with van der Waals surface area (Å²) in [5.41, 5.74) is 1.75. The first-order valence-electron chi connectivity index (χ1n) is 8.55. The molecule has 1 aliphatic rings. The molecule has 25 heavy (non-hydrogen) atoms. The maximum Gasteiger partial charge on any atom is 0.238 e. The number of nitrogens with one attached hydrogen (secondary N) is 1. The second-order valence-corrected chi connectivity index (χ2v) is 6.29. The summed E-state index contributed by atoms with van der Waals surface area (Å²) in [4.78, 5) is 16.8. The molecule has 1 amide bonds. The summed E-state index contributed by atoms with van der Waals surface area (Å²) in [5.74, 6) is 1.70. The number of carbonyl (C=O) groups excluding carboxylic acids is 1. The average molecular weight is 337 g/mol. The predicted octanol–water partition coefficient (Wildman–Crippen LogP) is 4.05. The molecule has 2 heterocycles. The molecule has 1 aromatic carbocycles. The molecule has 4 rings (SSSR count). The number of amides is 1. The Kier molecular flexibility index (Phi) is 4.33. The number of nitrogens with zero attached hydrogens (tertiary/aromatic N) is 2. The normalized spacial score (nSPS) is 14.7. The van der Waals surface area contributed by atoms with Crippen molar-refractivity contribution in [2.24, 2.45) is 5.92 Å². The molecule has 0 bridgehead atoms. The van der Waals surface area contributed by atoms with Gasteiger partial charge in [0.1, 0.15) is 0 Å². The lowest BCUT2D eigenvalue weighted by Crippen LogP contribution is -2.21. The quantitative estimate of drug-likeness (QED) is 0.759. The number of benzene rings is 1. The summed E-state index contributed by atoms with van der Waals surface area (Å²) >= 11 is 0. The zero-order valence-corrected chi connectivity index (χ0v) is 13.8. The van der Waals surface area contributed by atoms with Crippen molar-refractivity contribution in [2.45, 2.75) is 32.1 Å². The smallest absolute Gasteiger partial charge is 0.238 e. The van der Waals surface area contributed by atoms with Crippen LogP contribution in [0.15, 0.2) is 51.6 Å². The summed E-state index contributed by atoms with van der Waals surface area (Å²) in [6.07, 6.45) is 6.25. The minimum atomic E-state index is 0.103. The van der Waals surface area contributed by atoms with E-state index in [1.165, 1.54) is 0 Å². The predicted molar refractivity (Wildman–Crippen MR) is 91.8 cm³/mol. The van der Waals surface area contributed by atoms with Gasteiger partial charge in [-0.2, -0.15) is 4.98 Å². The number of aromatic nitrogens is 2. The van der Waals surface area contributed by atoms with Crippen LogP contribution in [0.3, 0.4) is 0 Å². The molecule has 1 N–H and O–H groups in total. The van der Waals surface area contributed by atoms with Crippen molar-refractivity contribution >= 4 is 11.6 Å². The van der Waals surface area contributed by atoms with Crippen molar-refractivity contribution in [3.8, 4) is 11.6 Å². The van der Waals surface area contributed by atoms with Gasteiger partial charge in [-0.15, -0.1) is 0 Å². The van der Waals surface area contributed by atoms with Crippen molar-refractivity contribution < 1.29 is 13.7 Å². The van der Waals surface area contributed by atoms with E-state index in [2.05, 4.69) is 15.5 Å². The first-order chi connectivity index (χ1) is 12.3. The monoisotopic (exact) mass is 337 g/mol. The van der Waals surface area contributed by atoms with Gasteiger partial charge in [0.2, 0.25) is 17.6 Å². The topological polar surface area (TPSA) is 81.2 Å². The van der Waals surface area contributed by atoms with Crippen LogP contribution in [0.4, 0.5) is 5.69 Å². The number of hydrogen-bond acceptors (Lipinski definition) is 5. The lowest BCUT2D eigenvalue weighted by molar-refractivity contribution is -0.119. The van der Waals surface area contributed by atoms with Gasteiger partial charge >= 0.3 is 0 Å². The van der Waals surface area contributed by atoms with Gasteiger partial charge in [0, 0.05) is 11.6 Å². The molecule has 0 atom stereocenters. The maximum absolute atomic E-state index is 12.4. The van der Waals surface area contributed by atoms with Gasteiger partial charge in [-0.05, 0) is 36.6 Å². The Morgan fingerprint density at radius 1 is 1.16 bits per heavy atom. The van der Waals surface area contributed by atoms with Gasteiger partial charge in [-0.1, -0.05) is 36.2 Å². The van der Waals surface area contributed by atoms with E-state index >= 15 is 0 Å². The summed E-state index contributed by atoms with van der Waals surface area (Å²) < 4.78 is 10.6. The standard InChI is InChI=1S/C19H19N3O3/c23-19(13-6-1-2-7-13)20-15-9-4-3-8-14(15)12-17-21-18(22-25-17)16-10-5-11-24-16/h3-5,8-11,13H,1-2,6-7,12H2,(H,20,23). The minimum Gasteiger partial charge on any atom is -0.461 e. The van der Waals surface area contributed by atoms with E-state index in [-0.39, 0.29) is 11.8 Å². The van der Waals surface area contributed by atoms with Crippen LogP contribution in [-0.2, 0) is 11.2 Å². The second-order valence-electron chi connectivity index (χ2n) is 6.29. The van der Waals surface area contributed by atoms with Crippen LogP contribution in [0, 0.1) is 5.92 Å². The fourth-order valence-electron chi connectivity index (χ4n) is 3.21. The molecular weight excluding hydrogens is 318 g/mol. The van der Waals surface area contributed by atoms with Gasteiger partial charge in [0.05, 0.1) is 12.7 Å². The highest BCUT2D eigenvalue weighted by Gasteiger charge is 2.23. The van der Waals surface area contributed by atoms with E-state index < -0.39 is 0 Å². The number of anilines is 1. The van der Waals surface area contributed by atoms with Crippen molar-refractivity contribution in [2.75, 3.05) is 5.32 Å². The molecule has 0 saturated heterocycles. The van der Waals surface area contributed by atoms with Crippen molar-refractivity contribution in [1.82, 2.24) is 10.1 Å². The molecule has 1 saturated carbocycles. The molecule has 3 aromatic rings. The number of rotatable bonds is 5. The zero-order chi connectivity index (χ0) is 17.1. The molecule has 0 spiro atoms.